The van der Waals surface area contributed by atoms with E-state index in [0.717, 1.165) is 22.9 Å². The summed E-state index contributed by atoms with van der Waals surface area (Å²) in [4.78, 5) is 8.75. The Hall–Kier alpha value is -2.01. The third-order valence-corrected chi connectivity index (χ3v) is 4.89. The normalized spacial score (nSPS) is 16.2. The molecular weight excluding hydrogens is 342 g/mol. The zero-order valence-electron chi connectivity index (χ0n) is 11.9. The molecule has 1 aliphatic rings. The highest BCUT2D eigenvalue weighted by Gasteiger charge is 2.45. The minimum absolute atomic E-state index is 0.131. The Labute approximate surface area is 136 Å². The van der Waals surface area contributed by atoms with Gasteiger partial charge in [-0.25, -0.2) is 0 Å². The quantitative estimate of drug-likeness (QED) is 0.700. The maximum Gasteiger partial charge on any atom is 0.237 e. The molecule has 0 saturated heterocycles. The lowest BCUT2D eigenvalue weighted by Crippen LogP contribution is -2.35. The molecule has 0 N–H and O–H groups in total. The number of benzene rings is 1. The average Bonchev–Trinajstić information content (AvgIpc) is 2.99. The van der Waals surface area contributed by atoms with Gasteiger partial charge in [-0.05, 0) is 42.7 Å². The smallest absolute Gasteiger partial charge is 0.237 e. The maximum absolute atomic E-state index is 5.61. The molecule has 1 aromatic carbocycles. The molecule has 0 atom stereocenters. The number of rotatable bonds is 3. The van der Waals surface area contributed by atoms with Crippen LogP contribution < -0.4 is 0 Å². The van der Waals surface area contributed by atoms with Crippen LogP contribution in [-0.2, 0) is 5.41 Å². The molecule has 3 aromatic rings. The summed E-state index contributed by atoms with van der Waals surface area (Å²) in [6, 6.07) is 12.2. The lowest BCUT2D eigenvalue weighted by molar-refractivity contribution is 0.216. The van der Waals surface area contributed by atoms with Crippen molar-refractivity contribution < 1.29 is 4.52 Å². The van der Waals surface area contributed by atoms with Crippen LogP contribution in [0.15, 0.2) is 57.8 Å². The highest BCUT2D eigenvalue weighted by Crippen LogP contribution is 2.48. The van der Waals surface area contributed by atoms with E-state index in [9.17, 15) is 0 Å². The van der Waals surface area contributed by atoms with E-state index in [0.29, 0.717) is 11.7 Å². The first-order chi connectivity index (χ1) is 10.8. The van der Waals surface area contributed by atoms with Gasteiger partial charge in [0.1, 0.15) is 0 Å². The fourth-order valence-electron chi connectivity index (χ4n) is 2.96. The first kappa shape index (κ1) is 13.6. The van der Waals surface area contributed by atoms with Gasteiger partial charge in [-0.2, -0.15) is 4.98 Å². The molecule has 4 rings (SSSR count). The molecule has 1 fully saturated rings. The van der Waals surface area contributed by atoms with Crippen molar-refractivity contribution in [1.82, 2.24) is 15.1 Å². The van der Waals surface area contributed by atoms with Gasteiger partial charge >= 0.3 is 0 Å². The van der Waals surface area contributed by atoms with Crippen molar-refractivity contribution in [3.05, 3.63) is 64.7 Å². The molecule has 0 radical (unpaired) electrons. The second-order valence-electron chi connectivity index (χ2n) is 5.61. The molecule has 2 heterocycles. The van der Waals surface area contributed by atoms with E-state index in [2.05, 4.69) is 55.3 Å². The Morgan fingerprint density at radius 1 is 1.09 bits per heavy atom. The Morgan fingerprint density at radius 3 is 2.55 bits per heavy atom. The van der Waals surface area contributed by atoms with E-state index in [4.69, 9.17) is 4.52 Å². The fourth-order valence-corrected chi connectivity index (χ4v) is 3.22. The second-order valence-corrected chi connectivity index (χ2v) is 6.52. The molecule has 1 aliphatic carbocycles. The summed E-state index contributed by atoms with van der Waals surface area (Å²) in [5, 5.41) is 4.14. The van der Waals surface area contributed by atoms with E-state index in [1.54, 1.807) is 12.4 Å². The van der Waals surface area contributed by atoms with Crippen LogP contribution in [0.4, 0.5) is 0 Å². The lowest BCUT2D eigenvalue weighted by Gasteiger charge is -2.38. The van der Waals surface area contributed by atoms with Gasteiger partial charge < -0.3 is 4.52 Å². The van der Waals surface area contributed by atoms with E-state index < -0.39 is 0 Å². The highest BCUT2D eigenvalue weighted by atomic mass is 79.9. The summed E-state index contributed by atoms with van der Waals surface area (Å²) < 4.78 is 6.69. The summed E-state index contributed by atoms with van der Waals surface area (Å²) in [7, 11) is 0. The SMILES string of the molecule is Brc1ccc(C2(c3nc(-c4cccnc4)no3)CCC2)cc1. The third-order valence-electron chi connectivity index (χ3n) is 4.36. The molecular formula is C17H14BrN3O. The number of halogens is 1. The van der Waals surface area contributed by atoms with Crippen LogP contribution >= 0.6 is 15.9 Å². The molecule has 0 aliphatic heterocycles. The van der Waals surface area contributed by atoms with Gasteiger partial charge in [-0.15, -0.1) is 0 Å². The summed E-state index contributed by atoms with van der Waals surface area (Å²) >= 11 is 3.48. The van der Waals surface area contributed by atoms with Gasteiger partial charge in [0, 0.05) is 22.4 Å². The molecule has 4 nitrogen and oxygen atoms in total. The molecule has 0 amide bonds. The summed E-state index contributed by atoms with van der Waals surface area (Å²) in [5.41, 5.74) is 1.99. The molecule has 0 bridgehead atoms. The minimum Gasteiger partial charge on any atom is -0.338 e. The number of nitrogens with zero attached hydrogens (tertiary/aromatic N) is 3. The second kappa shape index (κ2) is 5.32. The molecule has 0 unspecified atom stereocenters. The molecule has 2 aromatic heterocycles. The van der Waals surface area contributed by atoms with Crippen LogP contribution in [0.5, 0.6) is 0 Å². The molecule has 110 valence electrons. The van der Waals surface area contributed by atoms with Crippen LogP contribution in [0.3, 0.4) is 0 Å². The van der Waals surface area contributed by atoms with Crippen molar-refractivity contribution in [2.75, 3.05) is 0 Å². The van der Waals surface area contributed by atoms with E-state index in [-0.39, 0.29) is 5.41 Å². The number of pyridine rings is 1. The highest BCUT2D eigenvalue weighted by molar-refractivity contribution is 9.10. The zero-order valence-corrected chi connectivity index (χ0v) is 13.5. The lowest BCUT2D eigenvalue weighted by atomic mass is 9.64. The van der Waals surface area contributed by atoms with Gasteiger partial charge in [-0.3, -0.25) is 4.98 Å². The van der Waals surface area contributed by atoms with Crippen molar-refractivity contribution in [2.24, 2.45) is 0 Å². The Bertz CT molecular complexity index is 779. The molecule has 1 saturated carbocycles. The molecule has 5 heteroatoms. The van der Waals surface area contributed by atoms with Crippen molar-refractivity contribution >= 4 is 15.9 Å². The average molecular weight is 356 g/mol. The number of hydrogen-bond acceptors (Lipinski definition) is 4. The molecule has 22 heavy (non-hydrogen) atoms. The largest absolute Gasteiger partial charge is 0.338 e. The number of hydrogen-bond donors (Lipinski definition) is 0. The van der Waals surface area contributed by atoms with Crippen LogP contribution in [0, 0.1) is 0 Å². The van der Waals surface area contributed by atoms with Crippen LogP contribution in [0.25, 0.3) is 11.4 Å². The fraction of sp³-hybridized carbons (Fsp3) is 0.235. The Morgan fingerprint density at radius 2 is 1.91 bits per heavy atom. The maximum atomic E-state index is 5.61. The van der Waals surface area contributed by atoms with Crippen molar-refractivity contribution in [2.45, 2.75) is 24.7 Å². The Balaban J connectivity index is 1.74. The van der Waals surface area contributed by atoms with Gasteiger partial charge in [0.25, 0.3) is 0 Å². The first-order valence-corrected chi connectivity index (χ1v) is 8.08. The topological polar surface area (TPSA) is 51.8 Å². The predicted molar refractivity (Wildman–Crippen MR) is 86.3 cm³/mol. The first-order valence-electron chi connectivity index (χ1n) is 7.29. The van der Waals surface area contributed by atoms with Gasteiger partial charge in [0.15, 0.2) is 0 Å². The van der Waals surface area contributed by atoms with Gasteiger partial charge in [-0.1, -0.05) is 39.6 Å². The van der Waals surface area contributed by atoms with Crippen molar-refractivity contribution in [3.63, 3.8) is 0 Å². The summed E-state index contributed by atoms with van der Waals surface area (Å²) in [6.45, 7) is 0. The zero-order chi connectivity index (χ0) is 15.0. The van der Waals surface area contributed by atoms with Crippen molar-refractivity contribution in [1.29, 1.82) is 0 Å². The van der Waals surface area contributed by atoms with E-state index in [1.165, 1.54) is 12.0 Å². The van der Waals surface area contributed by atoms with E-state index in [1.807, 2.05) is 12.1 Å². The summed E-state index contributed by atoms with van der Waals surface area (Å²) in [5.74, 6) is 1.31. The minimum atomic E-state index is -0.131. The van der Waals surface area contributed by atoms with E-state index >= 15 is 0 Å². The summed E-state index contributed by atoms with van der Waals surface area (Å²) in [6.07, 6.45) is 6.76. The molecule has 0 spiro atoms. The monoisotopic (exact) mass is 355 g/mol. The predicted octanol–water partition coefficient (Wildman–Crippen LogP) is 4.36. The van der Waals surface area contributed by atoms with Crippen LogP contribution in [0.2, 0.25) is 0 Å². The number of aromatic nitrogens is 3. The van der Waals surface area contributed by atoms with Gasteiger partial charge in [0.2, 0.25) is 11.7 Å². The van der Waals surface area contributed by atoms with Crippen LogP contribution in [-0.4, -0.2) is 15.1 Å². The Kier molecular flexibility index (Phi) is 3.30. The van der Waals surface area contributed by atoms with Gasteiger partial charge in [0.05, 0.1) is 5.41 Å². The van der Waals surface area contributed by atoms with Crippen molar-refractivity contribution in [3.8, 4) is 11.4 Å². The third kappa shape index (κ3) is 2.16. The standard InChI is InChI=1S/C17H14BrN3O/c18-14-6-4-13(5-7-14)17(8-2-9-17)16-20-15(21-22-16)12-3-1-10-19-11-12/h1,3-7,10-11H,2,8-9H2. The van der Waals surface area contributed by atoms with Crippen LogP contribution in [0.1, 0.15) is 30.7 Å².